The Bertz CT molecular complexity index is 1300. The summed E-state index contributed by atoms with van der Waals surface area (Å²) in [5.41, 5.74) is 0.464. The van der Waals surface area contributed by atoms with Gasteiger partial charge in [-0.1, -0.05) is 12.1 Å². The largest absolute Gasteiger partial charge is 0.504 e. The minimum absolute atomic E-state index is 0.149. The first-order valence-electron chi connectivity index (χ1n) is 13.4. The van der Waals surface area contributed by atoms with E-state index in [1.807, 2.05) is 0 Å². The van der Waals surface area contributed by atoms with Gasteiger partial charge in [0.1, 0.15) is 42.7 Å². The normalized spacial score (nSPS) is 31.5. The lowest BCUT2D eigenvalue weighted by Crippen LogP contribution is -2.61. The lowest BCUT2D eigenvalue weighted by Gasteiger charge is -2.42. The summed E-state index contributed by atoms with van der Waals surface area (Å²) in [7, 11) is 0. The highest BCUT2D eigenvalue weighted by Gasteiger charge is 2.48. The molecule has 10 atom stereocenters. The van der Waals surface area contributed by atoms with Crippen LogP contribution < -0.4 is 0 Å². The van der Waals surface area contributed by atoms with E-state index in [1.165, 1.54) is 30.3 Å². The summed E-state index contributed by atoms with van der Waals surface area (Å²) in [4.78, 5) is 12.6. The smallest absolute Gasteiger partial charge is 0.331 e. The van der Waals surface area contributed by atoms with Gasteiger partial charge in [0.15, 0.2) is 41.7 Å². The molecule has 4 rings (SSSR count). The van der Waals surface area contributed by atoms with E-state index in [4.69, 9.17) is 23.7 Å². The highest BCUT2D eigenvalue weighted by molar-refractivity contribution is 5.87. The van der Waals surface area contributed by atoms with Crippen LogP contribution in [0.4, 0.5) is 0 Å². The van der Waals surface area contributed by atoms with Crippen molar-refractivity contribution in [2.24, 2.45) is 0 Å². The van der Waals surface area contributed by atoms with Crippen LogP contribution in [0.5, 0.6) is 23.0 Å². The van der Waals surface area contributed by atoms with E-state index >= 15 is 0 Å². The molecule has 2 aliphatic rings. The molecule has 2 aromatic rings. The third kappa shape index (κ3) is 7.93. The summed E-state index contributed by atoms with van der Waals surface area (Å²) in [5, 5.41) is 100. The summed E-state index contributed by atoms with van der Waals surface area (Å²) in [6.07, 6.45) is -13.5. The van der Waals surface area contributed by atoms with E-state index in [2.05, 4.69) is 0 Å². The Labute approximate surface area is 249 Å². The Kier molecular flexibility index (Phi) is 11.0. The third-order valence-electron chi connectivity index (χ3n) is 6.99. The molecule has 44 heavy (non-hydrogen) atoms. The van der Waals surface area contributed by atoms with E-state index in [1.54, 1.807) is 0 Å². The predicted octanol–water partition coefficient (Wildman–Crippen LogP) is -1.91. The Balaban J connectivity index is 1.46. The van der Waals surface area contributed by atoms with Crippen LogP contribution in [0.3, 0.4) is 0 Å². The number of carbonyl (C=O) groups is 1. The quantitative estimate of drug-likeness (QED) is 0.0783. The van der Waals surface area contributed by atoms with Crippen LogP contribution in [-0.4, -0.2) is 132 Å². The van der Waals surface area contributed by atoms with E-state index < -0.39 is 97.8 Å². The zero-order valence-corrected chi connectivity index (χ0v) is 22.9. The fourth-order valence-corrected chi connectivity index (χ4v) is 4.45. The third-order valence-corrected chi connectivity index (χ3v) is 6.99. The molecule has 10 N–H and O–H groups in total. The Hall–Kier alpha value is -3.55. The average molecular weight is 627 g/mol. The molecule has 2 saturated heterocycles. The highest BCUT2D eigenvalue weighted by Crippen LogP contribution is 2.30. The van der Waals surface area contributed by atoms with Crippen molar-refractivity contribution >= 4 is 12.0 Å². The minimum Gasteiger partial charge on any atom is -0.504 e. The monoisotopic (exact) mass is 626 g/mol. The van der Waals surface area contributed by atoms with E-state index in [0.29, 0.717) is 5.56 Å². The van der Waals surface area contributed by atoms with Crippen molar-refractivity contribution in [2.45, 2.75) is 61.4 Å². The van der Waals surface area contributed by atoms with Crippen molar-refractivity contribution in [1.29, 1.82) is 0 Å². The van der Waals surface area contributed by atoms with Gasteiger partial charge in [0, 0.05) is 6.08 Å². The number of carbonyl (C=O) groups excluding carboxylic acids is 1. The number of esters is 1. The summed E-state index contributed by atoms with van der Waals surface area (Å²) in [6, 6.07) is 7.32. The van der Waals surface area contributed by atoms with Crippen molar-refractivity contribution in [1.82, 2.24) is 0 Å². The lowest BCUT2D eigenvalue weighted by molar-refractivity contribution is -0.323. The minimum atomic E-state index is -1.84. The lowest BCUT2D eigenvalue weighted by atomic mass is 9.98. The summed E-state index contributed by atoms with van der Waals surface area (Å²) in [5.74, 6) is -2.72. The average Bonchev–Trinajstić information content (AvgIpc) is 2.99. The number of ether oxygens (including phenoxy) is 5. The molecule has 2 aliphatic heterocycles. The molecule has 0 aliphatic carbocycles. The van der Waals surface area contributed by atoms with Gasteiger partial charge in [-0.2, -0.15) is 0 Å². The van der Waals surface area contributed by atoms with Gasteiger partial charge in [0.25, 0.3) is 0 Å². The zero-order valence-electron chi connectivity index (χ0n) is 22.9. The molecular formula is C28H34O16. The molecule has 16 nitrogen and oxygen atoms in total. The van der Waals surface area contributed by atoms with Crippen LogP contribution in [0.15, 0.2) is 42.5 Å². The molecule has 0 spiro atoms. The van der Waals surface area contributed by atoms with Crippen LogP contribution in [0.1, 0.15) is 17.2 Å². The number of aliphatic hydroxyl groups excluding tert-OH is 6. The van der Waals surface area contributed by atoms with Crippen LogP contribution in [0, 0.1) is 0 Å². The van der Waals surface area contributed by atoms with E-state index in [0.717, 1.165) is 18.2 Å². The maximum Gasteiger partial charge on any atom is 0.331 e. The number of phenols is 4. The van der Waals surface area contributed by atoms with Crippen molar-refractivity contribution < 1.29 is 79.5 Å². The van der Waals surface area contributed by atoms with Crippen LogP contribution in [0.25, 0.3) is 6.08 Å². The molecule has 0 radical (unpaired) electrons. The van der Waals surface area contributed by atoms with Crippen LogP contribution in [0.2, 0.25) is 0 Å². The molecule has 2 aromatic carbocycles. The molecule has 0 bridgehead atoms. The van der Waals surface area contributed by atoms with Crippen molar-refractivity contribution in [3.05, 3.63) is 53.6 Å². The molecule has 242 valence electrons. The second-order valence-electron chi connectivity index (χ2n) is 10.2. The molecular weight excluding hydrogens is 592 g/mol. The maximum absolute atomic E-state index is 12.6. The molecule has 2 heterocycles. The fraction of sp³-hybridized carbons (Fsp3) is 0.464. The van der Waals surface area contributed by atoms with E-state index in [9.17, 15) is 55.9 Å². The standard InChI is InChI=1S/C28H34O16/c29-14-4-1-12(7-16(14)31)2-6-21(35)44-26-20(11-42-27-24(38)22(36)19(34)10-40-27)43-28(25(39)23(26)37)41-9-18(33)13-3-5-15(30)17(32)8-13/h1-8,18-20,22-34,36-39H,9-11H2. The van der Waals surface area contributed by atoms with Gasteiger partial charge >= 0.3 is 5.97 Å². The second-order valence-corrected chi connectivity index (χ2v) is 10.2. The number of phenolic OH excluding ortho intramolecular Hbond substituents is 4. The zero-order chi connectivity index (χ0) is 32.1. The Morgan fingerprint density at radius 2 is 1.50 bits per heavy atom. The molecule has 2 fully saturated rings. The van der Waals surface area contributed by atoms with Gasteiger partial charge in [0.2, 0.25) is 0 Å². The highest BCUT2D eigenvalue weighted by atomic mass is 16.7. The number of benzene rings is 2. The molecule has 0 saturated carbocycles. The Morgan fingerprint density at radius 3 is 2.18 bits per heavy atom. The first-order valence-corrected chi connectivity index (χ1v) is 13.4. The van der Waals surface area contributed by atoms with Gasteiger partial charge in [0.05, 0.1) is 19.8 Å². The van der Waals surface area contributed by atoms with Crippen molar-refractivity contribution in [3.8, 4) is 23.0 Å². The number of aromatic hydroxyl groups is 4. The Morgan fingerprint density at radius 1 is 0.841 bits per heavy atom. The van der Waals surface area contributed by atoms with Crippen molar-refractivity contribution in [3.63, 3.8) is 0 Å². The van der Waals surface area contributed by atoms with E-state index in [-0.39, 0.29) is 17.9 Å². The topological polar surface area (TPSA) is 266 Å². The van der Waals surface area contributed by atoms with Gasteiger partial charge < -0.3 is 74.7 Å². The molecule has 0 amide bonds. The number of hydrogen-bond acceptors (Lipinski definition) is 16. The predicted molar refractivity (Wildman–Crippen MR) is 144 cm³/mol. The first-order chi connectivity index (χ1) is 20.8. The van der Waals surface area contributed by atoms with Crippen molar-refractivity contribution in [2.75, 3.05) is 19.8 Å². The van der Waals surface area contributed by atoms with Gasteiger partial charge in [-0.05, 0) is 41.5 Å². The van der Waals surface area contributed by atoms with Gasteiger partial charge in [-0.3, -0.25) is 0 Å². The SMILES string of the molecule is O=C(C=Cc1ccc(O)c(O)c1)OC1C(COC2OCC(O)C(O)C2O)OC(OCC(O)c2ccc(O)c(O)c2)C(O)C1O. The molecule has 16 heteroatoms. The van der Waals surface area contributed by atoms with Crippen LogP contribution in [-0.2, 0) is 28.5 Å². The molecule has 0 aromatic heterocycles. The summed E-state index contributed by atoms with van der Waals surface area (Å²) >= 11 is 0. The van der Waals surface area contributed by atoms with Crippen LogP contribution >= 0.6 is 0 Å². The number of aliphatic hydroxyl groups is 6. The first kappa shape index (κ1) is 33.3. The number of rotatable bonds is 10. The second kappa shape index (κ2) is 14.5. The summed E-state index contributed by atoms with van der Waals surface area (Å²) in [6.45, 7) is -1.45. The summed E-state index contributed by atoms with van der Waals surface area (Å²) < 4.78 is 27.2. The molecule has 10 unspecified atom stereocenters. The number of hydrogen-bond donors (Lipinski definition) is 10. The van der Waals surface area contributed by atoms with Gasteiger partial charge in [-0.15, -0.1) is 0 Å². The maximum atomic E-state index is 12.6. The van der Waals surface area contributed by atoms with Gasteiger partial charge in [-0.25, -0.2) is 4.79 Å². The fourth-order valence-electron chi connectivity index (χ4n) is 4.45.